The summed E-state index contributed by atoms with van der Waals surface area (Å²) in [5, 5.41) is 1.05. The van der Waals surface area contributed by atoms with Crippen molar-refractivity contribution in [3.63, 3.8) is 0 Å². The van der Waals surface area contributed by atoms with Crippen molar-refractivity contribution < 1.29 is 18.0 Å². The van der Waals surface area contributed by atoms with E-state index in [9.17, 15) is 18.0 Å². The van der Waals surface area contributed by atoms with Gasteiger partial charge in [0.15, 0.2) is 0 Å². The average Bonchev–Trinajstić information content (AvgIpc) is 3.09. The average molecular weight is 572 g/mol. The third kappa shape index (κ3) is 5.50. The Morgan fingerprint density at radius 3 is 2.20 bits per heavy atom. The first-order valence-electron chi connectivity index (χ1n) is 10.4. The van der Waals surface area contributed by atoms with E-state index in [1.165, 1.54) is 30.3 Å². The van der Waals surface area contributed by atoms with E-state index in [1.54, 1.807) is 36.4 Å². The van der Waals surface area contributed by atoms with Gasteiger partial charge in [0.25, 0.3) is 5.91 Å². The fourth-order valence-electron chi connectivity index (χ4n) is 3.88. The summed E-state index contributed by atoms with van der Waals surface area (Å²) in [7, 11) is -4.32. The van der Waals surface area contributed by atoms with E-state index >= 15 is 0 Å². The number of halogens is 4. The molecule has 0 spiro atoms. The summed E-state index contributed by atoms with van der Waals surface area (Å²) in [4.78, 5) is 27.0. The minimum atomic E-state index is -4.32. The second-order valence-electron chi connectivity index (χ2n) is 7.83. The maximum Gasteiger partial charge on any atom is 0.252 e. The molecule has 1 fully saturated rings. The molecular formula is C24H18Cl4N2O4S. The predicted molar refractivity (Wildman–Crippen MR) is 138 cm³/mol. The molecule has 0 bridgehead atoms. The molecule has 0 radical (unpaired) electrons. The maximum absolute atomic E-state index is 13.8. The minimum absolute atomic E-state index is 0.0477. The zero-order chi connectivity index (χ0) is 25.3. The number of benzene rings is 3. The Labute approximate surface area is 223 Å². The number of rotatable bonds is 7. The standard InChI is InChI=1S/C24H18Cl4N2O4S/c25-16-4-7-19(8-5-16)30-23(31)14-21(24(30)32)29(11-10-15-2-1-3-17(26)12-15)35(33,34)22-13-18(27)6-9-20(22)28/h1-9,12-13,21H,10-11,14H2. The third-order valence-electron chi connectivity index (χ3n) is 5.55. The summed E-state index contributed by atoms with van der Waals surface area (Å²) in [6.45, 7) is -0.0936. The highest BCUT2D eigenvalue weighted by Crippen LogP contribution is 2.33. The Hall–Kier alpha value is -2.13. The smallest absolute Gasteiger partial charge is 0.252 e. The minimum Gasteiger partial charge on any atom is -0.274 e. The summed E-state index contributed by atoms with van der Waals surface area (Å²) in [5.41, 5.74) is 1.07. The van der Waals surface area contributed by atoms with Crippen LogP contribution in [0, 0.1) is 0 Å². The van der Waals surface area contributed by atoms with Crippen LogP contribution in [0.5, 0.6) is 0 Å². The molecule has 1 unspecified atom stereocenters. The van der Waals surface area contributed by atoms with E-state index in [0.29, 0.717) is 15.7 Å². The number of carbonyl (C=O) groups excluding carboxylic acids is 2. The topological polar surface area (TPSA) is 74.8 Å². The van der Waals surface area contributed by atoms with Crippen molar-refractivity contribution in [1.29, 1.82) is 0 Å². The van der Waals surface area contributed by atoms with Crippen molar-refractivity contribution in [3.05, 3.63) is 92.4 Å². The number of nitrogens with zero attached hydrogens (tertiary/aromatic N) is 2. The molecule has 6 nitrogen and oxygen atoms in total. The lowest BCUT2D eigenvalue weighted by molar-refractivity contribution is -0.122. The van der Waals surface area contributed by atoms with Crippen molar-refractivity contribution >= 4 is 73.9 Å². The van der Waals surface area contributed by atoms with E-state index in [0.717, 1.165) is 14.8 Å². The molecule has 0 N–H and O–H groups in total. The van der Waals surface area contributed by atoms with Crippen LogP contribution >= 0.6 is 46.4 Å². The molecule has 182 valence electrons. The summed E-state index contributed by atoms with van der Waals surface area (Å²) < 4.78 is 28.6. The second-order valence-corrected chi connectivity index (χ2v) is 11.4. The Bertz CT molecular complexity index is 1400. The molecule has 3 aromatic rings. The van der Waals surface area contributed by atoms with Gasteiger partial charge >= 0.3 is 0 Å². The van der Waals surface area contributed by atoms with Crippen LogP contribution in [-0.2, 0) is 26.0 Å². The van der Waals surface area contributed by atoms with E-state index in [-0.39, 0.29) is 34.3 Å². The van der Waals surface area contributed by atoms with Crippen LogP contribution in [0.4, 0.5) is 5.69 Å². The number of hydrogen-bond acceptors (Lipinski definition) is 4. The van der Waals surface area contributed by atoms with Crippen LogP contribution in [-0.4, -0.2) is 37.1 Å². The van der Waals surface area contributed by atoms with Gasteiger partial charge in [-0.25, -0.2) is 13.3 Å². The van der Waals surface area contributed by atoms with Crippen molar-refractivity contribution in [1.82, 2.24) is 4.31 Å². The first-order chi connectivity index (χ1) is 16.6. The highest BCUT2D eigenvalue weighted by molar-refractivity contribution is 7.89. The van der Waals surface area contributed by atoms with Gasteiger partial charge in [-0.2, -0.15) is 4.31 Å². The highest BCUT2D eigenvalue weighted by atomic mass is 35.5. The van der Waals surface area contributed by atoms with E-state index < -0.39 is 27.9 Å². The molecule has 2 amide bonds. The van der Waals surface area contributed by atoms with Crippen molar-refractivity contribution in [2.24, 2.45) is 0 Å². The molecule has 1 saturated heterocycles. The van der Waals surface area contributed by atoms with Gasteiger partial charge in [0, 0.05) is 21.6 Å². The Morgan fingerprint density at radius 2 is 1.51 bits per heavy atom. The molecule has 11 heteroatoms. The number of imide groups is 1. The number of hydrogen-bond donors (Lipinski definition) is 0. The largest absolute Gasteiger partial charge is 0.274 e. The molecule has 0 aromatic heterocycles. The number of carbonyl (C=O) groups is 2. The monoisotopic (exact) mass is 570 g/mol. The zero-order valence-corrected chi connectivity index (χ0v) is 21.8. The van der Waals surface area contributed by atoms with E-state index in [4.69, 9.17) is 46.4 Å². The zero-order valence-electron chi connectivity index (χ0n) is 18.0. The predicted octanol–water partition coefficient (Wildman–Crippen LogP) is 5.87. The summed E-state index contributed by atoms with van der Waals surface area (Å²) in [5.74, 6) is -1.19. The van der Waals surface area contributed by atoms with Crippen LogP contribution in [0.2, 0.25) is 20.1 Å². The van der Waals surface area contributed by atoms with Crippen LogP contribution in [0.15, 0.2) is 71.6 Å². The van der Waals surface area contributed by atoms with Gasteiger partial charge in [-0.1, -0.05) is 58.5 Å². The molecule has 1 aliphatic rings. The van der Waals surface area contributed by atoms with Gasteiger partial charge in [0.2, 0.25) is 15.9 Å². The van der Waals surface area contributed by atoms with Gasteiger partial charge in [-0.3, -0.25) is 9.59 Å². The highest BCUT2D eigenvalue weighted by Gasteiger charge is 2.47. The van der Waals surface area contributed by atoms with Gasteiger partial charge < -0.3 is 0 Å². The van der Waals surface area contributed by atoms with Crippen LogP contribution in [0.1, 0.15) is 12.0 Å². The molecule has 1 aliphatic heterocycles. The number of anilines is 1. The molecule has 35 heavy (non-hydrogen) atoms. The lowest BCUT2D eigenvalue weighted by Crippen LogP contribution is -2.46. The first-order valence-corrected chi connectivity index (χ1v) is 13.4. The van der Waals surface area contributed by atoms with Gasteiger partial charge in [-0.05, 0) is 66.6 Å². The molecule has 1 atom stereocenters. The fraction of sp³-hybridized carbons (Fsp3) is 0.167. The maximum atomic E-state index is 13.8. The van der Waals surface area contributed by atoms with Gasteiger partial charge in [0.1, 0.15) is 10.9 Å². The Morgan fingerprint density at radius 1 is 0.857 bits per heavy atom. The molecule has 0 saturated carbocycles. The van der Waals surface area contributed by atoms with Gasteiger partial charge in [-0.15, -0.1) is 0 Å². The number of amides is 2. The second kappa shape index (κ2) is 10.5. The summed E-state index contributed by atoms with van der Waals surface area (Å²) >= 11 is 24.3. The van der Waals surface area contributed by atoms with Crippen LogP contribution < -0.4 is 4.90 Å². The third-order valence-corrected chi connectivity index (χ3v) is 8.66. The molecule has 3 aromatic carbocycles. The molecule has 1 heterocycles. The SMILES string of the molecule is O=C1CC(N(CCc2cccc(Cl)c2)S(=O)(=O)c2cc(Cl)ccc2Cl)C(=O)N1c1ccc(Cl)cc1. The van der Waals surface area contributed by atoms with Gasteiger partial charge in [0.05, 0.1) is 17.1 Å². The fourth-order valence-corrected chi connectivity index (χ4v) is 6.54. The quantitative estimate of drug-likeness (QED) is 0.333. The first kappa shape index (κ1) is 25.9. The molecule has 0 aliphatic carbocycles. The van der Waals surface area contributed by atoms with Crippen LogP contribution in [0.25, 0.3) is 0 Å². The van der Waals surface area contributed by atoms with E-state index in [1.807, 2.05) is 0 Å². The molecular weight excluding hydrogens is 554 g/mol. The van der Waals surface area contributed by atoms with E-state index in [2.05, 4.69) is 0 Å². The number of sulfonamides is 1. The summed E-state index contributed by atoms with van der Waals surface area (Å²) in [6.07, 6.45) is -0.0781. The molecule has 4 rings (SSSR count). The normalized spacial score (nSPS) is 16.4. The van der Waals surface area contributed by atoms with Crippen molar-refractivity contribution in [2.75, 3.05) is 11.4 Å². The lowest BCUT2D eigenvalue weighted by atomic mass is 10.1. The Kier molecular flexibility index (Phi) is 7.76. The van der Waals surface area contributed by atoms with Crippen molar-refractivity contribution in [3.8, 4) is 0 Å². The Balaban J connectivity index is 1.73. The summed E-state index contributed by atoms with van der Waals surface area (Å²) in [6, 6.07) is 15.9. The lowest BCUT2D eigenvalue weighted by Gasteiger charge is -2.27. The van der Waals surface area contributed by atoms with Crippen LogP contribution in [0.3, 0.4) is 0 Å². The van der Waals surface area contributed by atoms with Crippen molar-refractivity contribution in [2.45, 2.75) is 23.8 Å².